The van der Waals surface area contributed by atoms with Gasteiger partial charge < -0.3 is 122 Å². The van der Waals surface area contributed by atoms with Crippen molar-refractivity contribution in [2.45, 2.75) is 127 Å². The van der Waals surface area contributed by atoms with Crippen molar-refractivity contribution in [3.8, 4) is 35.3 Å². The molecular formula is C106H112B6N18O20. The molecule has 0 saturated carbocycles. The number of pyridine rings is 6. The zero-order valence-electron chi connectivity index (χ0n) is 85.1. The first-order chi connectivity index (χ1) is 72.8. The van der Waals surface area contributed by atoms with Gasteiger partial charge in [0.2, 0.25) is 69.4 Å². The van der Waals surface area contributed by atoms with Crippen LogP contribution in [-0.4, -0.2) is 186 Å². The summed E-state index contributed by atoms with van der Waals surface area (Å²) in [5.41, 5.74) is 21.1. The number of nitrogens with one attached hydrogen (secondary N) is 6. The molecule has 0 unspecified atom stereocenters. The van der Waals surface area contributed by atoms with E-state index >= 15 is 0 Å². The van der Waals surface area contributed by atoms with E-state index in [1.165, 1.54) is 57.9 Å². The van der Waals surface area contributed by atoms with Crippen LogP contribution >= 0.6 is 0 Å². The largest absolute Gasteiger partial charge is 0.491 e. The molecule has 44 heteroatoms. The summed E-state index contributed by atoms with van der Waals surface area (Å²) in [5.74, 6) is 4.91. The summed E-state index contributed by atoms with van der Waals surface area (Å²) in [6.45, 7) is 69.9. The van der Waals surface area contributed by atoms with E-state index in [0.29, 0.717) is 192 Å². The van der Waals surface area contributed by atoms with E-state index in [4.69, 9.17) is 120 Å². The van der Waals surface area contributed by atoms with Crippen LogP contribution < -0.4 is 93.1 Å². The number of aromatic nitrogens is 6. The lowest BCUT2D eigenvalue weighted by atomic mass is 9.64. The Morgan fingerprint density at radius 3 is 0.880 bits per heavy atom. The minimum Gasteiger partial charge on any atom is -0.486 e. The average Bonchev–Trinajstić information content (AvgIpc) is 1.69. The third-order valence-corrected chi connectivity index (χ3v) is 23.4. The lowest BCUT2D eigenvalue weighted by Crippen LogP contribution is -2.27. The lowest BCUT2D eigenvalue weighted by Gasteiger charge is -2.12. The Morgan fingerprint density at radius 2 is 0.613 bits per heavy atom. The van der Waals surface area contributed by atoms with Crippen LogP contribution in [0.25, 0.3) is 29.1 Å². The van der Waals surface area contributed by atoms with E-state index in [2.05, 4.69) is 141 Å². The van der Waals surface area contributed by atoms with Crippen LogP contribution in [0.5, 0.6) is 35.3 Å². The maximum atomic E-state index is 11.0. The van der Waals surface area contributed by atoms with Crippen molar-refractivity contribution < 1.29 is 95.0 Å². The number of ketones is 1. The average molecular weight is 2020 g/mol. The van der Waals surface area contributed by atoms with Gasteiger partial charge in [-0.1, -0.05) is 70.5 Å². The van der Waals surface area contributed by atoms with Crippen molar-refractivity contribution in [1.82, 2.24) is 29.9 Å². The van der Waals surface area contributed by atoms with Crippen molar-refractivity contribution in [2.24, 2.45) is 0 Å². The van der Waals surface area contributed by atoms with Gasteiger partial charge in [0.25, 0.3) is 0 Å². The summed E-state index contributed by atoms with van der Waals surface area (Å²) in [7, 11) is 0.730. The molecule has 0 amide bonds. The number of aliphatic hydroxyl groups is 1. The van der Waals surface area contributed by atoms with Gasteiger partial charge in [0.1, 0.15) is 80.3 Å². The molecule has 38 nitrogen and oxygen atoms in total. The number of Topliss-reactive ketones (excluding diaryl/α,β-unsaturated/α-hetero) is 1. The number of aliphatic hydroxyl groups excluding tert-OH is 1. The first-order valence-corrected chi connectivity index (χ1v) is 48.6. The summed E-state index contributed by atoms with van der Waals surface area (Å²) in [6.07, 6.45) is 1.17. The molecule has 6 aliphatic rings. The second-order valence-electron chi connectivity index (χ2n) is 34.5. The molecule has 18 rings (SSSR count). The van der Waals surface area contributed by atoms with Crippen molar-refractivity contribution in [1.29, 1.82) is 0 Å². The van der Waals surface area contributed by atoms with Gasteiger partial charge >= 0.3 is 47.7 Å². The fraction of sp³-hybridized carbons (Fsp3) is 0.302. The van der Waals surface area contributed by atoms with Crippen LogP contribution in [0.15, 0.2) is 182 Å². The summed E-state index contributed by atoms with van der Waals surface area (Å²) in [5, 5.41) is 37.9. The number of anilines is 12. The molecule has 0 radical (unpaired) electrons. The number of benzene rings is 6. The molecule has 6 aromatic carbocycles. The number of esters is 1. The maximum absolute atomic E-state index is 11.0. The van der Waals surface area contributed by atoms with Crippen LogP contribution in [0.4, 0.5) is 103 Å². The van der Waals surface area contributed by atoms with E-state index < -0.39 is 7.12 Å². The fourth-order valence-electron chi connectivity index (χ4n) is 15.8. The lowest BCUT2D eigenvalue weighted by molar-refractivity contribution is -0.141. The Kier molecular flexibility index (Phi) is 41.6. The molecule has 150 heavy (non-hydrogen) atoms. The predicted molar refractivity (Wildman–Crippen MR) is 580 cm³/mol. The molecule has 12 heterocycles. The highest BCUT2D eigenvalue weighted by Gasteiger charge is 2.31. The van der Waals surface area contributed by atoms with E-state index in [0.717, 1.165) is 56.3 Å². The predicted octanol–water partition coefficient (Wildman–Crippen LogP) is 16.6. The Morgan fingerprint density at radius 1 is 0.353 bits per heavy atom. The Bertz CT molecular complexity index is 6850. The molecule has 0 atom stereocenters. The standard InChI is InChI=1S/C19H22BN3O3.2C18H18BN3O4.C18H20BN3O3.C17H18BN3O3.C16H16BN3O3/c1-13(2)24-9-10-25-19-17(21-4)7-8-18(23-19)22-15-5-6-16-14(11-15)12-26-20(16)3;1-12(23)24-8-9-25-18-16(20-3)6-7-17(22-18)21-14-4-5-15-13(10-14)11-26-19(15)2;1-12(23)4-3-9-25-18-16(20-2)7-8-17(22-18)21-14-5-6-15-13(10-14)11-26-19(15)24;1-4-23-9-10-24-18-16(20-3)7-8-17(22-18)21-14-5-6-15-13(11-14)12-25-19(15)2;1-18-14-5-4-13(10-12(14)11-24-18)20-16-7-6-15(19-2)17(21-16)23-9-8-22-3;1-17-13-4-3-12(9-11(13)10-23-17)19-15-6-5-14(18-2)16(20-15)22-8-7-21/h5-8,11,13H,9-10,12H2,1-3H3,(H,22,23);4-7,10H,8-9,11H2,1-2H3,(H,21,22);5-8,10,24H,3-4,9,11H2,1H3,(H,21,22);5-8,11H,4,9-10,12H2,1-2H3,(H,21,22);4-7,10H,8-9,11H2,1,3H3,(H,20,21);3-6,9,21H,7-8,10H2,1H3,(H,19,20). The molecule has 8 N–H and O–H groups in total. The highest BCUT2D eigenvalue weighted by atomic mass is 16.6. The summed E-state index contributed by atoms with van der Waals surface area (Å²) in [4.78, 5) is 68.5. The van der Waals surface area contributed by atoms with Crippen LogP contribution in [-0.2, 0) is 96.1 Å². The molecule has 0 saturated heterocycles. The Labute approximate surface area is 874 Å². The second-order valence-corrected chi connectivity index (χ2v) is 34.5. The van der Waals surface area contributed by atoms with Gasteiger partial charge in [0.15, 0.2) is 0 Å². The molecule has 0 bridgehead atoms. The van der Waals surface area contributed by atoms with E-state index in [-0.39, 0.29) is 96.5 Å². The minimum absolute atomic E-state index is 0.104. The van der Waals surface area contributed by atoms with Crippen LogP contribution in [0.2, 0.25) is 34.1 Å². The van der Waals surface area contributed by atoms with Crippen molar-refractivity contribution in [3.05, 3.63) is 284 Å². The zero-order valence-corrected chi connectivity index (χ0v) is 85.1. The fourth-order valence-corrected chi connectivity index (χ4v) is 15.8. The first-order valence-electron chi connectivity index (χ1n) is 48.6. The number of carbonyl (C=O) groups excluding carboxylic acids is 2. The van der Waals surface area contributed by atoms with Gasteiger partial charge in [-0.3, -0.25) is 4.79 Å². The topological polar surface area (TPSA) is 398 Å². The summed E-state index contributed by atoms with van der Waals surface area (Å²) >= 11 is 0. The summed E-state index contributed by atoms with van der Waals surface area (Å²) < 4.78 is 86.9. The first kappa shape index (κ1) is 111. The highest BCUT2D eigenvalue weighted by Crippen LogP contribution is 2.37. The molecule has 0 spiro atoms. The highest BCUT2D eigenvalue weighted by molar-refractivity contribution is 6.69. The van der Waals surface area contributed by atoms with Gasteiger partial charge in [-0.05, 0) is 246 Å². The normalized spacial score (nSPS) is 12.6. The molecule has 764 valence electrons. The van der Waals surface area contributed by atoms with E-state index in [1.807, 2.05) is 114 Å². The third-order valence-electron chi connectivity index (χ3n) is 23.4. The van der Waals surface area contributed by atoms with Crippen LogP contribution in [0.1, 0.15) is 80.8 Å². The van der Waals surface area contributed by atoms with E-state index in [1.54, 1.807) is 79.9 Å². The van der Waals surface area contributed by atoms with Crippen molar-refractivity contribution >= 4 is 189 Å². The monoisotopic (exact) mass is 2020 g/mol. The molecule has 6 aliphatic heterocycles. The Hall–Kier alpha value is -16.2. The quantitative estimate of drug-likeness (QED) is 0.00771. The number of nitrogens with zero attached hydrogens (tertiary/aromatic N) is 12. The molecule has 0 aliphatic carbocycles. The van der Waals surface area contributed by atoms with Gasteiger partial charge in [0.05, 0.1) is 118 Å². The maximum Gasteiger partial charge on any atom is 0.491 e. The second kappa shape index (κ2) is 56.1. The number of rotatable bonds is 38. The zero-order chi connectivity index (χ0) is 106. The molecule has 6 aromatic heterocycles. The van der Waals surface area contributed by atoms with Crippen LogP contribution in [0, 0.1) is 39.4 Å². The number of fused-ring (bicyclic) bond motifs is 6. The van der Waals surface area contributed by atoms with Crippen molar-refractivity contribution in [2.75, 3.05) is 118 Å². The molecule has 0 fully saturated rings. The Balaban J connectivity index is 0.000000150. The number of hydrogen-bond acceptors (Lipinski definition) is 32. The van der Waals surface area contributed by atoms with Crippen molar-refractivity contribution in [3.63, 3.8) is 0 Å². The smallest absolute Gasteiger partial charge is 0.486 e. The molecular weight excluding hydrogens is 1910 g/mol. The van der Waals surface area contributed by atoms with Gasteiger partial charge in [0, 0.05) is 61.2 Å². The van der Waals surface area contributed by atoms with Crippen LogP contribution in [0.3, 0.4) is 0 Å². The molecule has 12 aromatic rings. The number of carbonyl (C=O) groups is 2. The SMILES string of the molecule is [C-]#[N+]c1ccc(Nc2ccc3c(c2)COB3C)nc1OCCO.[C-]#[N+]c1ccc(Nc2ccc3c(c2)COB3C)nc1OCCOC.[C-]#[N+]c1ccc(Nc2ccc3c(c2)COB3C)nc1OCCOC(C)=O.[C-]#[N+]c1ccc(Nc2ccc3c(c2)COB3C)nc1OCCOC(C)C.[C-]#[N+]c1ccc(Nc2ccc3c(c2)COB3C)nc1OCCOCC.[C-]#[N+]c1ccc(Nc2ccc3c(c2)COB3O)nc1OCCCC(C)=O. The van der Waals surface area contributed by atoms with E-state index in [9.17, 15) is 14.6 Å². The van der Waals surface area contributed by atoms with Gasteiger partial charge in [-0.15, -0.1) is 0 Å². The number of hydrogen-bond donors (Lipinski definition) is 8. The minimum atomic E-state index is -0.870. The number of methoxy groups -OCH3 is 1. The van der Waals surface area contributed by atoms with Gasteiger partial charge in [-0.25, -0.2) is 59.0 Å². The third kappa shape index (κ3) is 31.9. The van der Waals surface area contributed by atoms with Gasteiger partial charge in [-0.2, -0.15) is 0 Å². The number of ether oxygens (including phenoxy) is 10. The summed E-state index contributed by atoms with van der Waals surface area (Å²) in [6, 6.07) is 56.6.